The van der Waals surface area contributed by atoms with Gasteiger partial charge in [0.05, 0.1) is 24.3 Å². The molecule has 1 unspecified atom stereocenters. The second-order valence-electron chi connectivity index (χ2n) is 8.80. The van der Waals surface area contributed by atoms with E-state index in [4.69, 9.17) is 16.3 Å². The number of nitrogens with zero attached hydrogens (tertiary/aromatic N) is 2. The van der Waals surface area contributed by atoms with Gasteiger partial charge in [0.25, 0.3) is 11.7 Å². The van der Waals surface area contributed by atoms with Gasteiger partial charge in [-0.25, -0.2) is 0 Å². The van der Waals surface area contributed by atoms with Gasteiger partial charge in [0.1, 0.15) is 11.5 Å². The highest BCUT2D eigenvalue weighted by molar-refractivity contribution is 6.51. The van der Waals surface area contributed by atoms with Crippen LogP contribution in [-0.2, 0) is 16.0 Å². The van der Waals surface area contributed by atoms with Crippen molar-refractivity contribution in [2.24, 2.45) is 0 Å². The number of amides is 1. The van der Waals surface area contributed by atoms with E-state index in [9.17, 15) is 14.7 Å². The van der Waals surface area contributed by atoms with E-state index in [2.05, 4.69) is 25.7 Å². The average molecular weight is 519 g/mol. The summed E-state index contributed by atoms with van der Waals surface area (Å²) in [6.45, 7) is 7.94. The predicted octanol–water partition coefficient (Wildman–Crippen LogP) is 6.38. The largest absolute Gasteiger partial charge is 0.507 e. The second-order valence-corrected chi connectivity index (χ2v) is 9.23. The zero-order chi connectivity index (χ0) is 26.7. The number of hydrogen-bond donors (Lipinski definition) is 1. The van der Waals surface area contributed by atoms with Crippen molar-refractivity contribution < 1.29 is 19.4 Å². The molecule has 1 atom stereocenters. The highest BCUT2D eigenvalue weighted by atomic mass is 35.5. The van der Waals surface area contributed by atoms with Crippen molar-refractivity contribution in [3.63, 3.8) is 0 Å². The molecule has 0 bridgehead atoms. The monoisotopic (exact) mass is 518 g/mol. The van der Waals surface area contributed by atoms with E-state index in [0.717, 1.165) is 30.8 Å². The lowest BCUT2D eigenvalue weighted by atomic mass is 9.94. The maximum Gasteiger partial charge on any atom is 0.300 e. The maximum absolute atomic E-state index is 13.5. The number of benzene rings is 3. The van der Waals surface area contributed by atoms with Crippen molar-refractivity contribution in [1.82, 2.24) is 0 Å². The lowest BCUT2D eigenvalue weighted by Gasteiger charge is -2.27. The van der Waals surface area contributed by atoms with Crippen LogP contribution < -0.4 is 14.5 Å². The SMILES string of the molecule is CCc1ccc(N2C(=O)C(=O)/C(=C(/O)c3cc(Cl)ccc3OC)C2c2ccc(N(CC)CC)cc2)cc1. The molecule has 192 valence electrons. The minimum absolute atomic E-state index is 0.0132. The summed E-state index contributed by atoms with van der Waals surface area (Å²) >= 11 is 6.21. The van der Waals surface area contributed by atoms with Crippen LogP contribution in [0.25, 0.3) is 5.76 Å². The molecular weight excluding hydrogens is 488 g/mol. The summed E-state index contributed by atoms with van der Waals surface area (Å²) in [6.07, 6.45) is 0.851. The van der Waals surface area contributed by atoms with Gasteiger partial charge in [-0.2, -0.15) is 0 Å². The molecule has 0 saturated carbocycles. The van der Waals surface area contributed by atoms with Crippen molar-refractivity contribution >= 4 is 40.4 Å². The van der Waals surface area contributed by atoms with E-state index in [-0.39, 0.29) is 16.9 Å². The number of ether oxygens (including phenoxy) is 1. The Hall–Kier alpha value is -3.77. The van der Waals surface area contributed by atoms with Crippen molar-refractivity contribution in [1.29, 1.82) is 0 Å². The number of Topliss-reactive ketones (excluding diaryl/α,β-unsaturated/α-hetero) is 1. The standard InChI is InChI=1S/C30H31ClN2O4/c1-5-19-8-13-23(14-9-19)33-27(20-10-15-22(16-11-20)32(6-2)7-3)26(29(35)30(33)36)28(34)24-18-21(31)12-17-25(24)37-4/h8-18,27,34H,5-7H2,1-4H3/b28-26+. The fourth-order valence-corrected chi connectivity index (χ4v) is 4.95. The Morgan fingerprint density at radius 2 is 1.62 bits per heavy atom. The number of aliphatic hydroxyl groups is 1. The topological polar surface area (TPSA) is 70.1 Å². The second kappa shape index (κ2) is 11.1. The number of aryl methyl sites for hydroxylation is 1. The fraction of sp³-hybridized carbons (Fsp3) is 0.267. The molecule has 0 aromatic heterocycles. The molecule has 3 aromatic carbocycles. The third kappa shape index (κ3) is 4.94. The van der Waals surface area contributed by atoms with Crippen molar-refractivity contribution in [2.75, 3.05) is 30.0 Å². The van der Waals surface area contributed by atoms with Gasteiger partial charge in [0, 0.05) is 29.5 Å². The van der Waals surface area contributed by atoms with Gasteiger partial charge in [-0.15, -0.1) is 0 Å². The highest BCUT2D eigenvalue weighted by Gasteiger charge is 2.47. The summed E-state index contributed by atoms with van der Waals surface area (Å²) in [6, 6.07) is 19.2. The fourth-order valence-electron chi connectivity index (χ4n) is 4.77. The molecular formula is C30H31ClN2O4. The predicted molar refractivity (Wildman–Crippen MR) is 149 cm³/mol. The van der Waals surface area contributed by atoms with E-state index in [1.54, 1.807) is 12.1 Å². The first kappa shape index (κ1) is 26.3. The minimum atomic E-state index is -0.832. The summed E-state index contributed by atoms with van der Waals surface area (Å²) < 4.78 is 5.42. The van der Waals surface area contributed by atoms with Crippen LogP contribution >= 0.6 is 11.6 Å². The van der Waals surface area contributed by atoms with Gasteiger partial charge in [-0.3, -0.25) is 14.5 Å². The van der Waals surface area contributed by atoms with Crippen LogP contribution in [0.1, 0.15) is 43.5 Å². The summed E-state index contributed by atoms with van der Waals surface area (Å²) in [5.41, 5.74) is 3.67. The van der Waals surface area contributed by atoms with Crippen molar-refractivity contribution in [3.8, 4) is 5.75 Å². The number of ketones is 1. The number of aliphatic hydroxyl groups excluding tert-OH is 1. The lowest BCUT2D eigenvalue weighted by Crippen LogP contribution is -2.29. The molecule has 1 amide bonds. The number of carbonyl (C=O) groups excluding carboxylic acids is 2. The summed E-state index contributed by atoms with van der Waals surface area (Å²) in [4.78, 5) is 30.6. The number of methoxy groups -OCH3 is 1. The van der Waals surface area contributed by atoms with E-state index in [1.165, 1.54) is 18.1 Å². The summed E-state index contributed by atoms with van der Waals surface area (Å²) in [5.74, 6) is -1.46. The minimum Gasteiger partial charge on any atom is -0.507 e. The van der Waals surface area contributed by atoms with Crippen LogP contribution in [-0.4, -0.2) is 37.0 Å². The molecule has 3 aromatic rings. The average Bonchev–Trinajstić information content (AvgIpc) is 3.19. The molecule has 0 spiro atoms. The third-order valence-electron chi connectivity index (χ3n) is 6.82. The molecule has 1 fully saturated rings. The normalized spacial score (nSPS) is 16.8. The van der Waals surface area contributed by atoms with Crippen LogP contribution in [0.3, 0.4) is 0 Å². The number of carbonyl (C=O) groups is 2. The highest BCUT2D eigenvalue weighted by Crippen LogP contribution is 2.44. The Bertz CT molecular complexity index is 1330. The molecule has 4 rings (SSSR count). The summed E-state index contributed by atoms with van der Waals surface area (Å²) in [7, 11) is 1.47. The molecule has 7 heteroatoms. The Balaban J connectivity index is 1.93. The number of halogens is 1. The Kier molecular flexibility index (Phi) is 7.89. The van der Waals surface area contributed by atoms with Crippen molar-refractivity contribution in [3.05, 3.63) is 94.0 Å². The van der Waals surface area contributed by atoms with Gasteiger partial charge in [-0.05, 0) is 73.9 Å². The molecule has 1 N–H and O–H groups in total. The van der Waals surface area contributed by atoms with Gasteiger partial charge in [0.15, 0.2) is 0 Å². The quantitative estimate of drug-likeness (QED) is 0.213. The van der Waals surface area contributed by atoms with E-state index in [0.29, 0.717) is 22.0 Å². The summed E-state index contributed by atoms with van der Waals surface area (Å²) in [5, 5.41) is 11.8. The zero-order valence-electron chi connectivity index (χ0n) is 21.5. The first-order valence-electron chi connectivity index (χ1n) is 12.4. The van der Waals surface area contributed by atoms with Crippen LogP contribution in [0.15, 0.2) is 72.3 Å². The van der Waals surface area contributed by atoms with Gasteiger partial charge < -0.3 is 14.7 Å². The molecule has 6 nitrogen and oxygen atoms in total. The van der Waals surface area contributed by atoms with Crippen molar-refractivity contribution in [2.45, 2.75) is 33.2 Å². The number of anilines is 2. The number of hydrogen-bond acceptors (Lipinski definition) is 5. The molecule has 0 aliphatic carbocycles. The number of rotatable bonds is 8. The van der Waals surface area contributed by atoms with Gasteiger partial charge in [-0.1, -0.05) is 42.8 Å². The van der Waals surface area contributed by atoms with E-state index in [1.807, 2.05) is 48.5 Å². The smallest absolute Gasteiger partial charge is 0.300 e. The van der Waals surface area contributed by atoms with Gasteiger partial charge >= 0.3 is 0 Å². The van der Waals surface area contributed by atoms with Crippen LogP contribution in [0.5, 0.6) is 5.75 Å². The van der Waals surface area contributed by atoms with E-state index < -0.39 is 17.7 Å². The molecule has 1 saturated heterocycles. The van der Waals surface area contributed by atoms with E-state index >= 15 is 0 Å². The third-order valence-corrected chi connectivity index (χ3v) is 7.06. The molecule has 37 heavy (non-hydrogen) atoms. The molecule has 0 radical (unpaired) electrons. The van der Waals surface area contributed by atoms with Crippen LogP contribution in [0.2, 0.25) is 5.02 Å². The Morgan fingerprint density at radius 3 is 2.19 bits per heavy atom. The zero-order valence-corrected chi connectivity index (χ0v) is 22.2. The van der Waals surface area contributed by atoms with Crippen LogP contribution in [0.4, 0.5) is 11.4 Å². The first-order chi connectivity index (χ1) is 17.8. The molecule has 1 aliphatic rings. The molecule has 1 heterocycles. The first-order valence-corrected chi connectivity index (χ1v) is 12.8. The lowest BCUT2D eigenvalue weighted by molar-refractivity contribution is -0.132. The molecule has 1 aliphatic heterocycles. The van der Waals surface area contributed by atoms with Crippen LogP contribution in [0, 0.1) is 0 Å². The Labute approximate surface area is 222 Å². The van der Waals surface area contributed by atoms with Gasteiger partial charge in [0.2, 0.25) is 0 Å². The maximum atomic E-state index is 13.5. The Morgan fingerprint density at radius 1 is 0.973 bits per heavy atom.